The van der Waals surface area contributed by atoms with Crippen molar-refractivity contribution in [1.82, 2.24) is 19.9 Å². The molecule has 2 aromatic heterocycles. The monoisotopic (exact) mass is 283 g/mol. The molecular weight excluding hydrogens is 266 g/mol. The van der Waals surface area contributed by atoms with E-state index in [2.05, 4.69) is 20.6 Å². The third-order valence-electron chi connectivity index (χ3n) is 3.27. The smallest absolute Gasteiger partial charge is 0.260 e. The number of hydrogen-bond donors (Lipinski definition) is 1. The van der Waals surface area contributed by atoms with Gasteiger partial charge in [-0.1, -0.05) is 17.3 Å². The van der Waals surface area contributed by atoms with Crippen LogP contribution in [0.4, 0.5) is 5.69 Å². The normalized spacial score (nSPS) is 10.8. The van der Waals surface area contributed by atoms with Gasteiger partial charge in [0.25, 0.3) is 5.89 Å². The lowest BCUT2D eigenvalue weighted by atomic mass is 10.1. The molecule has 6 nitrogen and oxygen atoms in total. The Bertz CT molecular complexity index is 759. The van der Waals surface area contributed by atoms with Crippen LogP contribution in [-0.4, -0.2) is 19.9 Å². The molecule has 0 radical (unpaired) electrons. The maximum Gasteiger partial charge on any atom is 0.260 e. The highest BCUT2D eigenvalue weighted by Gasteiger charge is 2.11. The van der Waals surface area contributed by atoms with Crippen molar-refractivity contribution in [3.8, 4) is 11.5 Å². The molecule has 0 saturated carbocycles. The second-order valence-corrected chi connectivity index (χ2v) is 4.96. The summed E-state index contributed by atoms with van der Waals surface area (Å²) in [5.74, 6) is 1.15. The maximum atomic E-state index is 5.25. The average molecular weight is 283 g/mol. The minimum atomic E-state index is 0.526. The molecular formula is C15H17N5O. The molecule has 0 aliphatic heterocycles. The number of hydrogen-bond acceptors (Lipinski definition) is 5. The van der Waals surface area contributed by atoms with Crippen LogP contribution in [0, 0.1) is 13.8 Å². The molecule has 0 saturated heterocycles. The summed E-state index contributed by atoms with van der Waals surface area (Å²) >= 11 is 0. The van der Waals surface area contributed by atoms with Crippen LogP contribution in [0.2, 0.25) is 0 Å². The van der Waals surface area contributed by atoms with E-state index >= 15 is 0 Å². The van der Waals surface area contributed by atoms with Gasteiger partial charge in [-0.3, -0.25) is 4.68 Å². The fraction of sp³-hybridized carbons (Fsp3) is 0.267. The SMILES string of the molecule is Cc1noc(-c2ccccc2NCc2cn(C)nc2C)n1. The van der Waals surface area contributed by atoms with Crippen molar-refractivity contribution in [1.29, 1.82) is 0 Å². The summed E-state index contributed by atoms with van der Waals surface area (Å²) in [6, 6.07) is 7.90. The first-order valence-corrected chi connectivity index (χ1v) is 6.76. The zero-order chi connectivity index (χ0) is 14.8. The summed E-state index contributed by atoms with van der Waals surface area (Å²) in [5.41, 5.74) is 4.05. The first kappa shape index (κ1) is 13.4. The number of aromatic nitrogens is 4. The Labute approximate surface area is 122 Å². The number of nitrogens with zero attached hydrogens (tertiary/aromatic N) is 4. The van der Waals surface area contributed by atoms with Crippen molar-refractivity contribution < 1.29 is 4.52 Å². The Morgan fingerprint density at radius 1 is 1.24 bits per heavy atom. The van der Waals surface area contributed by atoms with Crippen LogP contribution >= 0.6 is 0 Å². The van der Waals surface area contributed by atoms with E-state index in [1.165, 1.54) is 0 Å². The topological polar surface area (TPSA) is 68.8 Å². The van der Waals surface area contributed by atoms with Crippen molar-refractivity contribution >= 4 is 5.69 Å². The maximum absolute atomic E-state index is 5.25. The molecule has 6 heteroatoms. The molecule has 3 rings (SSSR count). The third-order valence-corrected chi connectivity index (χ3v) is 3.27. The zero-order valence-electron chi connectivity index (χ0n) is 12.3. The molecule has 0 amide bonds. The Hall–Kier alpha value is -2.63. The summed E-state index contributed by atoms with van der Waals surface area (Å²) in [7, 11) is 1.92. The molecule has 0 unspecified atom stereocenters. The van der Waals surface area contributed by atoms with E-state index < -0.39 is 0 Å². The van der Waals surface area contributed by atoms with E-state index in [4.69, 9.17) is 4.52 Å². The third kappa shape index (κ3) is 2.79. The summed E-state index contributed by atoms with van der Waals surface area (Å²) in [4.78, 5) is 4.28. The molecule has 1 aromatic carbocycles. The molecule has 0 aliphatic rings. The van der Waals surface area contributed by atoms with Gasteiger partial charge in [-0.15, -0.1) is 0 Å². The number of nitrogens with one attached hydrogen (secondary N) is 1. The molecule has 2 heterocycles. The van der Waals surface area contributed by atoms with Crippen molar-refractivity contribution in [3.05, 3.63) is 47.5 Å². The van der Waals surface area contributed by atoms with Gasteiger partial charge in [0.05, 0.1) is 11.3 Å². The molecule has 0 fully saturated rings. The van der Waals surface area contributed by atoms with E-state index in [0.717, 1.165) is 22.5 Å². The van der Waals surface area contributed by atoms with Crippen LogP contribution < -0.4 is 5.32 Å². The first-order valence-electron chi connectivity index (χ1n) is 6.76. The number of para-hydroxylation sites is 1. The van der Waals surface area contributed by atoms with E-state index in [1.54, 1.807) is 0 Å². The van der Waals surface area contributed by atoms with Crippen LogP contribution in [0.1, 0.15) is 17.1 Å². The van der Waals surface area contributed by atoms with E-state index in [0.29, 0.717) is 18.3 Å². The molecule has 0 atom stereocenters. The summed E-state index contributed by atoms with van der Waals surface area (Å²) < 4.78 is 7.07. The second kappa shape index (κ2) is 5.40. The van der Waals surface area contributed by atoms with Gasteiger partial charge in [-0.05, 0) is 26.0 Å². The minimum Gasteiger partial charge on any atom is -0.380 e. The van der Waals surface area contributed by atoms with Crippen LogP contribution in [-0.2, 0) is 13.6 Å². The molecule has 3 aromatic rings. The summed E-state index contributed by atoms with van der Waals surface area (Å²) in [5, 5.41) is 11.6. The van der Waals surface area contributed by atoms with Gasteiger partial charge in [0.2, 0.25) is 0 Å². The van der Waals surface area contributed by atoms with Crippen molar-refractivity contribution in [2.24, 2.45) is 7.05 Å². The highest BCUT2D eigenvalue weighted by atomic mass is 16.5. The number of anilines is 1. The Kier molecular flexibility index (Phi) is 3.43. The quantitative estimate of drug-likeness (QED) is 0.797. The molecule has 0 spiro atoms. The van der Waals surface area contributed by atoms with Crippen LogP contribution in [0.25, 0.3) is 11.5 Å². The summed E-state index contributed by atoms with van der Waals surface area (Å²) in [6.07, 6.45) is 2.02. The lowest BCUT2D eigenvalue weighted by Crippen LogP contribution is -2.01. The first-order chi connectivity index (χ1) is 10.1. The molecule has 21 heavy (non-hydrogen) atoms. The van der Waals surface area contributed by atoms with Crippen LogP contribution in [0.3, 0.4) is 0 Å². The van der Waals surface area contributed by atoms with Gasteiger partial charge in [0.15, 0.2) is 5.82 Å². The standard InChI is InChI=1S/C15H17N5O/c1-10-12(9-20(3)18-10)8-16-14-7-5-4-6-13(14)15-17-11(2)19-21-15/h4-7,9,16H,8H2,1-3H3. The van der Waals surface area contributed by atoms with Crippen molar-refractivity contribution in [2.45, 2.75) is 20.4 Å². The lowest BCUT2D eigenvalue weighted by molar-refractivity contribution is 0.426. The van der Waals surface area contributed by atoms with Gasteiger partial charge in [-0.25, -0.2) is 0 Å². The van der Waals surface area contributed by atoms with Gasteiger partial charge < -0.3 is 9.84 Å². The number of benzene rings is 1. The molecule has 1 N–H and O–H groups in total. The van der Waals surface area contributed by atoms with Crippen LogP contribution in [0.15, 0.2) is 35.0 Å². The lowest BCUT2D eigenvalue weighted by Gasteiger charge is -2.08. The predicted octanol–water partition coefficient (Wildman–Crippen LogP) is 2.70. The molecule has 0 aliphatic carbocycles. The molecule has 108 valence electrons. The van der Waals surface area contributed by atoms with Crippen molar-refractivity contribution in [3.63, 3.8) is 0 Å². The van der Waals surface area contributed by atoms with Gasteiger partial charge >= 0.3 is 0 Å². The fourth-order valence-corrected chi connectivity index (χ4v) is 2.24. The number of rotatable bonds is 4. The van der Waals surface area contributed by atoms with E-state index in [9.17, 15) is 0 Å². The fourth-order valence-electron chi connectivity index (χ4n) is 2.24. The van der Waals surface area contributed by atoms with Gasteiger partial charge in [-0.2, -0.15) is 10.1 Å². The van der Waals surface area contributed by atoms with E-state index in [-0.39, 0.29) is 0 Å². The largest absolute Gasteiger partial charge is 0.380 e. The Balaban J connectivity index is 1.84. The minimum absolute atomic E-state index is 0.526. The zero-order valence-corrected chi connectivity index (χ0v) is 12.3. The van der Waals surface area contributed by atoms with Crippen LogP contribution in [0.5, 0.6) is 0 Å². The Morgan fingerprint density at radius 2 is 2.05 bits per heavy atom. The van der Waals surface area contributed by atoms with Gasteiger partial charge in [0.1, 0.15) is 0 Å². The van der Waals surface area contributed by atoms with Gasteiger partial charge in [0, 0.05) is 31.0 Å². The van der Waals surface area contributed by atoms with Crippen molar-refractivity contribution in [2.75, 3.05) is 5.32 Å². The Morgan fingerprint density at radius 3 is 2.71 bits per heavy atom. The summed E-state index contributed by atoms with van der Waals surface area (Å²) in [6.45, 7) is 4.51. The number of aryl methyl sites for hydroxylation is 3. The average Bonchev–Trinajstić information content (AvgIpc) is 3.02. The second-order valence-electron chi connectivity index (χ2n) is 4.96. The van der Waals surface area contributed by atoms with E-state index in [1.807, 2.05) is 56.0 Å². The highest BCUT2D eigenvalue weighted by Crippen LogP contribution is 2.26. The predicted molar refractivity (Wildman–Crippen MR) is 79.7 cm³/mol. The highest BCUT2D eigenvalue weighted by molar-refractivity contribution is 5.72. The molecule has 0 bridgehead atoms.